The van der Waals surface area contributed by atoms with Gasteiger partial charge in [0.05, 0.1) is 18.3 Å². The first-order chi connectivity index (χ1) is 15.5. The first-order valence-electron chi connectivity index (χ1n) is 10.7. The first kappa shape index (κ1) is 23.5. The molecule has 1 aliphatic rings. The summed E-state index contributed by atoms with van der Waals surface area (Å²) < 4.78 is 18.3. The molecule has 1 fully saturated rings. The second kappa shape index (κ2) is 11.4. The van der Waals surface area contributed by atoms with Crippen LogP contribution in [0.25, 0.3) is 0 Å². The minimum atomic E-state index is -0.808. The molecular weight excluding hydrogens is 408 g/mol. The summed E-state index contributed by atoms with van der Waals surface area (Å²) in [4.78, 5) is 14.9. The van der Waals surface area contributed by atoms with Crippen molar-refractivity contribution >= 4 is 5.97 Å². The summed E-state index contributed by atoms with van der Waals surface area (Å²) >= 11 is 0. The van der Waals surface area contributed by atoms with Gasteiger partial charge in [-0.1, -0.05) is 24.3 Å². The number of ether oxygens (including phenoxy) is 3. The Labute approximate surface area is 188 Å². The van der Waals surface area contributed by atoms with Crippen LogP contribution in [0.3, 0.4) is 0 Å². The molecule has 4 unspecified atom stereocenters. The first-order valence-corrected chi connectivity index (χ1v) is 10.7. The number of carbonyl (C=O) groups is 1. The van der Waals surface area contributed by atoms with Gasteiger partial charge in [-0.05, 0) is 56.0 Å². The molecule has 1 aliphatic heterocycles. The van der Waals surface area contributed by atoms with Crippen LogP contribution in [0.2, 0.25) is 0 Å². The number of carboxylic acid groups (broad SMARTS) is 1. The van der Waals surface area contributed by atoms with E-state index in [-0.39, 0.29) is 18.4 Å². The van der Waals surface area contributed by atoms with Gasteiger partial charge in [-0.2, -0.15) is 5.26 Å². The number of allylic oxidation sites excluding steroid dienone is 2. The number of aliphatic carboxylic acids is 1. The summed E-state index contributed by atoms with van der Waals surface area (Å²) in [6.07, 6.45) is 7.37. The largest absolute Gasteiger partial charge is 0.484 e. The molecule has 1 N–H and O–H groups in total. The predicted molar refractivity (Wildman–Crippen MR) is 118 cm³/mol. The van der Waals surface area contributed by atoms with Crippen LogP contribution in [0.15, 0.2) is 54.9 Å². The van der Waals surface area contributed by atoms with Gasteiger partial charge in [0.25, 0.3) is 0 Å². The molecule has 3 rings (SSSR count). The average molecular weight is 437 g/mol. The van der Waals surface area contributed by atoms with Crippen LogP contribution < -0.4 is 4.74 Å². The van der Waals surface area contributed by atoms with Gasteiger partial charge in [0.2, 0.25) is 0 Å². The second-order valence-corrected chi connectivity index (χ2v) is 7.88. The Morgan fingerprint density at radius 3 is 2.97 bits per heavy atom. The van der Waals surface area contributed by atoms with E-state index >= 15 is 0 Å². The Bertz CT molecular complexity index is 970. The lowest BCUT2D eigenvalue weighted by Crippen LogP contribution is -2.42. The molecule has 7 nitrogen and oxygen atoms in total. The van der Waals surface area contributed by atoms with Crippen LogP contribution in [0.1, 0.15) is 49.0 Å². The number of nitrogens with zero attached hydrogens (tertiary/aromatic N) is 2. The predicted octanol–water partition coefficient (Wildman–Crippen LogP) is 4.57. The Hall–Kier alpha value is -3.21. The van der Waals surface area contributed by atoms with Crippen LogP contribution in [-0.4, -0.2) is 35.1 Å². The van der Waals surface area contributed by atoms with Gasteiger partial charge in [0, 0.05) is 24.7 Å². The molecule has 2 heterocycles. The number of hydrogen-bond donors (Lipinski definition) is 1. The van der Waals surface area contributed by atoms with Crippen LogP contribution in [0.5, 0.6) is 5.75 Å². The van der Waals surface area contributed by atoms with Crippen molar-refractivity contribution < 1.29 is 24.1 Å². The second-order valence-electron chi connectivity index (χ2n) is 7.88. The molecule has 0 bridgehead atoms. The van der Waals surface area contributed by atoms with Gasteiger partial charge < -0.3 is 19.3 Å². The number of benzene rings is 1. The molecule has 0 aliphatic carbocycles. The zero-order valence-corrected chi connectivity index (χ0v) is 18.3. The van der Waals surface area contributed by atoms with E-state index in [4.69, 9.17) is 19.3 Å². The highest BCUT2D eigenvalue weighted by Crippen LogP contribution is 2.36. The third kappa shape index (κ3) is 6.39. The molecule has 0 spiro atoms. The van der Waals surface area contributed by atoms with Crippen molar-refractivity contribution in [3.63, 3.8) is 0 Å². The summed E-state index contributed by atoms with van der Waals surface area (Å²) in [6, 6.07) is 11.5. The Kier molecular flexibility index (Phi) is 8.37. The molecule has 168 valence electrons. The lowest BCUT2D eigenvalue weighted by atomic mass is 9.93. The Morgan fingerprint density at radius 2 is 2.25 bits per heavy atom. The average Bonchev–Trinajstić information content (AvgIpc) is 2.80. The molecule has 2 aromatic rings. The van der Waals surface area contributed by atoms with Gasteiger partial charge in [0.15, 0.2) is 6.29 Å². The highest BCUT2D eigenvalue weighted by molar-refractivity contribution is 5.66. The van der Waals surface area contributed by atoms with Crippen molar-refractivity contribution in [2.45, 2.75) is 51.6 Å². The number of aryl methyl sites for hydroxylation is 1. The number of nitriles is 1. The van der Waals surface area contributed by atoms with Crippen molar-refractivity contribution in [3.05, 3.63) is 71.6 Å². The monoisotopic (exact) mass is 436 g/mol. The molecule has 32 heavy (non-hydrogen) atoms. The van der Waals surface area contributed by atoms with Gasteiger partial charge in [-0.15, -0.1) is 0 Å². The lowest BCUT2D eigenvalue weighted by Gasteiger charge is -2.38. The highest BCUT2D eigenvalue weighted by Gasteiger charge is 2.36. The van der Waals surface area contributed by atoms with Crippen LogP contribution >= 0.6 is 0 Å². The third-order valence-electron chi connectivity index (χ3n) is 5.28. The molecule has 0 saturated carbocycles. The normalized spacial score (nSPS) is 21.7. The van der Waals surface area contributed by atoms with E-state index < -0.39 is 18.4 Å². The molecular formula is C25H28N2O5. The van der Waals surface area contributed by atoms with Crippen molar-refractivity contribution in [3.8, 4) is 11.8 Å². The molecule has 0 radical (unpaired) electrons. The summed E-state index contributed by atoms with van der Waals surface area (Å²) in [5.41, 5.74) is 2.41. The SMILES string of the molecule is Cc1ccc(OC(C)C2OCC(C/C=C\CCC(=O)O)C(c3cccnc3)O2)c(C#N)c1. The van der Waals surface area contributed by atoms with E-state index in [0.29, 0.717) is 30.8 Å². The fourth-order valence-corrected chi connectivity index (χ4v) is 3.62. The van der Waals surface area contributed by atoms with Crippen molar-refractivity contribution in [2.24, 2.45) is 5.92 Å². The Balaban J connectivity index is 1.69. The maximum absolute atomic E-state index is 10.7. The van der Waals surface area contributed by atoms with E-state index in [1.807, 2.05) is 44.2 Å². The lowest BCUT2D eigenvalue weighted by molar-refractivity contribution is -0.264. The van der Waals surface area contributed by atoms with Crippen LogP contribution in [-0.2, 0) is 14.3 Å². The van der Waals surface area contributed by atoms with E-state index in [9.17, 15) is 10.1 Å². The molecule has 1 saturated heterocycles. The molecule has 0 amide bonds. The number of pyridine rings is 1. The molecule has 1 aromatic carbocycles. The van der Waals surface area contributed by atoms with Crippen molar-refractivity contribution in [2.75, 3.05) is 6.61 Å². The van der Waals surface area contributed by atoms with Crippen molar-refractivity contribution in [1.82, 2.24) is 4.98 Å². The maximum atomic E-state index is 10.7. The molecule has 1 aromatic heterocycles. The minimum Gasteiger partial charge on any atom is -0.484 e. The fraction of sp³-hybridized carbons (Fsp3) is 0.400. The molecule has 7 heteroatoms. The smallest absolute Gasteiger partial charge is 0.303 e. The van der Waals surface area contributed by atoms with Crippen molar-refractivity contribution in [1.29, 1.82) is 5.26 Å². The summed E-state index contributed by atoms with van der Waals surface area (Å²) in [5.74, 6) is -0.255. The highest BCUT2D eigenvalue weighted by atomic mass is 16.7. The quantitative estimate of drug-likeness (QED) is 0.575. The van der Waals surface area contributed by atoms with E-state index in [2.05, 4.69) is 11.1 Å². The zero-order valence-electron chi connectivity index (χ0n) is 18.3. The maximum Gasteiger partial charge on any atom is 0.303 e. The van der Waals surface area contributed by atoms with Gasteiger partial charge in [-0.3, -0.25) is 9.78 Å². The minimum absolute atomic E-state index is 0.0535. The third-order valence-corrected chi connectivity index (χ3v) is 5.28. The summed E-state index contributed by atoms with van der Waals surface area (Å²) in [5, 5.41) is 18.2. The Morgan fingerprint density at radius 1 is 1.41 bits per heavy atom. The molecule has 4 atom stereocenters. The standard InChI is InChI=1S/C25H28N2O5/c1-17-10-11-22(21(13-17)14-26)31-18(2)25-30-16-20(7-4-3-5-9-23(28)29)24(32-25)19-8-6-12-27-15-19/h3-4,6,8,10-13,15,18,20,24-25H,5,7,9,16H2,1-2H3,(H,28,29)/b4-3-. The number of rotatable bonds is 9. The van der Waals surface area contributed by atoms with E-state index in [1.165, 1.54) is 0 Å². The fourth-order valence-electron chi connectivity index (χ4n) is 3.62. The number of hydrogen-bond acceptors (Lipinski definition) is 6. The van der Waals surface area contributed by atoms with Gasteiger partial charge in [-0.25, -0.2) is 0 Å². The van der Waals surface area contributed by atoms with Crippen LogP contribution in [0.4, 0.5) is 0 Å². The number of carboxylic acids is 1. The van der Waals surface area contributed by atoms with Gasteiger partial charge in [0.1, 0.15) is 17.9 Å². The summed E-state index contributed by atoms with van der Waals surface area (Å²) in [7, 11) is 0. The van der Waals surface area contributed by atoms with E-state index in [1.54, 1.807) is 24.5 Å². The van der Waals surface area contributed by atoms with Gasteiger partial charge >= 0.3 is 5.97 Å². The number of aromatic nitrogens is 1. The summed E-state index contributed by atoms with van der Waals surface area (Å²) in [6.45, 7) is 4.24. The van der Waals surface area contributed by atoms with Crippen LogP contribution in [0, 0.1) is 24.2 Å². The zero-order chi connectivity index (χ0) is 22.9. The topological polar surface area (TPSA) is 102 Å². The van der Waals surface area contributed by atoms with E-state index in [0.717, 1.165) is 11.1 Å².